The summed E-state index contributed by atoms with van der Waals surface area (Å²) in [4.78, 5) is 0.979. The molecule has 3 heteroatoms. The van der Waals surface area contributed by atoms with E-state index in [2.05, 4.69) is 15.9 Å². The van der Waals surface area contributed by atoms with E-state index < -0.39 is 5.60 Å². The molecule has 0 spiro atoms. The lowest BCUT2D eigenvalue weighted by Crippen LogP contribution is -2.13. The molecule has 0 amide bonds. The van der Waals surface area contributed by atoms with Gasteiger partial charge in [0.2, 0.25) is 0 Å². The summed E-state index contributed by atoms with van der Waals surface area (Å²) in [5.74, 6) is 0. The van der Waals surface area contributed by atoms with Gasteiger partial charge in [0.25, 0.3) is 0 Å². The second-order valence-corrected chi connectivity index (χ2v) is 4.43. The van der Waals surface area contributed by atoms with Crippen molar-refractivity contribution < 1.29 is 5.11 Å². The first kappa shape index (κ1) is 8.24. The van der Waals surface area contributed by atoms with Crippen molar-refractivity contribution in [2.24, 2.45) is 0 Å². The van der Waals surface area contributed by atoms with E-state index in [4.69, 9.17) is 0 Å². The van der Waals surface area contributed by atoms with Crippen LogP contribution in [0.1, 0.15) is 18.7 Å². The molecule has 1 N–H and O–H groups in total. The van der Waals surface area contributed by atoms with Crippen LogP contribution in [0.15, 0.2) is 15.9 Å². The van der Waals surface area contributed by atoms with E-state index >= 15 is 0 Å². The molecule has 0 radical (unpaired) electrons. The second kappa shape index (κ2) is 2.64. The Balaban J connectivity index is 3.05. The molecule has 0 saturated heterocycles. The fraction of sp³-hybridized carbons (Fsp3) is 0.429. The van der Waals surface area contributed by atoms with E-state index in [0.29, 0.717) is 0 Å². The maximum absolute atomic E-state index is 9.54. The van der Waals surface area contributed by atoms with Crippen molar-refractivity contribution in [3.05, 3.63) is 20.8 Å². The highest BCUT2D eigenvalue weighted by atomic mass is 79.9. The van der Waals surface area contributed by atoms with Crippen LogP contribution in [0.4, 0.5) is 0 Å². The van der Waals surface area contributed by atoms with Crippen molar-refractivity contribution in [2.75, 3.05) is 0 Å². The van der Waals surface area contributed by atoms with Gasteiger partial charge in [-0.2, -0.15) is 0 Å². The van der Waals surface area contributed by atoms with Gasteiger partial charge in [-0.25, -0.2) is 0 Å². The molecule has 0 atom stereocenters. The first-order valence-electron chi connectivity index (χ1n) is 2.97. The number of hydrogen-bond acceptors (Lipinski definition) is 2. The lowest BCUT2D eigenvalue weighted by molar-refractivity contribution is 0.0819. The number of aliphatic hydroxyl groups is 1. The molecule has 0 saturated carbocycles. The minimum atomic E-state index is -0.715. The van der Waals surface area contributed by atoms with Gasteiger partial charge < -0.3 is 5.11 Å². The maximum atomic E-state index is 9.54. The summed E-state index contributed by atoms with van der Waals surface area (Å²) in [5, 5.41) is 11.5. The van der Waals surface area contributed by atoms with Crippen LogP contribution in [0.5, 0.6) is 0 Å². The van der Waals surface area contributed by atoms with Gasteiger partial charge in [0.15, 0.2) is 0 Å². The van der Waals surface area contributed by atoms with Crippen molar-refractivity contribution in [1.29, 1.82) is 0 Å². The van der Waals surface area contributed by atoms with E-state index in [9.17, 15) is 5.11 Å². The Kier molecular flexibility index (Phi) is 2.18. The Morgan fingerprint density at radius 1 is 1.60 bits per heavy atom. The third-order valence-corrected chi connectivity index (χ3v) is 3.32. The average molecular weight is 221 g/mol. The number of rotatable bonds is 1. The molecule has 0 aliphatic heterocycles. The van der Waals surface area contributed by atoms with E-state index in [1.54, 1.807) is 25.2 Å². The third-order valence-electron chi connectivity index (χ3n) is 1.17. The Morgan fingerprint density at radius 3 is 2.40 bits per heavy atom. The Hall–Kier alpha value is 0.140. The molecule has 1 rings (SSSR count). The van der Waals surface area contributed by atoms with E-state index in [1.807, 2.05) is 11.4 Å². The van der Waals surface area contributed by atoms with Crippen LogP contribution in [0.25, 0.3) is 0 Å². The normalized spacial score (nSPS) is 12.0. The van der Waals surface area contributed by atoms with Gasteiger partial charge in [-0.15, -0.1) is 11.3 Å². The van der Waals surface area contributed by atoms with Crippen LogP contribution in [0.3, 0.4) is 0 Å². The lowest BCUT2D eigenvalue weighted by Gasteiger charge is -2.15. The molecule has 0 aliphatic rings. The Morgan fingerprint density at radius 2 is 2.20 bits per heavy atom. The summed E-state index contributed by atoms with van der Waals surface area (Å²) in [5.41, 5.74) is -0.715. The van der Waals surface area contributed by atoms with Crippen LogP contribution in [0, 0.1) is 0 Å². The molecular weight excluding hydrogens is 212 g/mol. The molecule has 0 aromatic carbocycles. The largest absolute Gasteiger partial charge is 0.385 e. The van der Waals surface area contributed by atoms with E-state index in [0.717, 1.165) is 9.35 Å². The van der Waals surface area contributed by atoms with Gasteiger partial charge in [-0.05, 0) is 41.2 Å². The fourth-order valence-electron chi connectivity index (χ4n) is 0.730. The first-order valence-corrected chi connectivity index (χ1v) is 4.65. The molecule has 0 aliphatic carbocycles. The molecule has 0 bridgehead atoms. The summed E-state index contributed by atoms with van der Waals surface area (Å²) < 4.78 is 0.991. The van der Waals surface area contributed by atoms with Crippen molar-refractivity contribution in [3.63, 3.8) is 0 Å². The van der Waals surface area contributed by atoms with Gasteiger partial charge in [-0.1, -0.05) is 0 Å². The summed E-state index contributed by atoms with van der Waals surface area (Å²) in [6, 6.07) is 1.94. The summed E-state index contributed by atoms with van der Waals surface area (Å²) in [6.45, 7) is 3.56. The Bertz CT molecular complexity index is 224. The smallest absolute Gasteiger partial charge is 0.0943 e. The molecule has 0 unspecified atom stereocenters. The Labute approximate surface area is 72.8 Å². The quantitative estimate of drug-likeness (QED) is 0.772. The fourth-order valence-corrected chi connectivity index (χ4v) is 2.61. The van der Waals surface area contributed by atoms with Crippen LogP contribution in [0.2, 0.25) is 0 Å². The number of thiophene rings is 1. The summed E-state index contributed by atoms with van der Waals surface area (Å²) >= 11 is 4.91. The molecule has 10 heavy (non-hydrogen) atoms. The lowest BCUT2D eigenvalue weighted by atomic mass is 10.1. The van der Waals surface area contributed by atoms with Crippen molar-refractivity contribution >= 4 is 27.3 Å². The molecule has 0 fully saturated rings. The molecular formula is C7H9BrOS. The highest BCUT2D eigenvalue weighted by molar-refractivity contribution is 9.10. The summed E-state index contributed by atoms with van der Waals surface area (Å²) in [7, 11) is 0. The first-order chi connectivity index (χ1) is 4.52. The molecule has 1 nitrogen and oxygen atoms in total. The molecule has 1 aromatic heterocycles. The topological polar surface area (TPSA) is 20.2 Å². The number of hydrogen-bond donors (Lipinski definition) is 1. The summed E-state index contributed by atoms with van der Waals surface area (Å²) in [6.07, 6.45) is 0. The van der Waals surface area contributed by atoms with Crippen LogP contribution in [-0.2, 0) is 5.60 Å². The van der Waals surface area contributed by atoms with Crippen LogP contribution >= 0.6 is 27.3 Å². The standard InChI is InChI=1S/C7H9BrOS/c1-7(2,9)6-5(8)3-4-10-6/h3-4,9H,1-2H3. The monoisotopic (exact) mass is 220 g/mol. The SMILES string of the molecule is CC(C)(O)c1sccc1Br. The van der Waals surface area contributed by atoms with Crippen LogP contribution in [-0.4, -0.2) is 5.11 Å². The van der Waals surface area contributed by atoms with Crippen LogP contribution < -0.4 is 0 Å². The minimum Gasteiger partial charge on any atom is -0.385 e. The van der Waals surface area contributed by atoms with E-state index in [1.165, 1.54) is 0 Å². The second-order valence-electron chi connectivity index (χ2n) is 2.66. The highest BCUT2D eigenvalue weighted by Crippen LogP contribution is 2.32. The van der Waals surface area contributed by atoms with Crippen molar-refractivity contribution in [2.45, 2.75) is 19.4 Å². The molecule has 1 heterocycles. The predicted molar refractivity (Wildman–Crippen MR) is 47.3 cm³/mol. The van der Waals surface area contributed by atoms with Gasteiger partial charge in [0.1, 0.15) is 0 Å². The molecule has 56 valence electrons. The molecule has 1 aromatic rings. The third kappa shape index (κ3) is 1.59. The van der Waals surface area contributed by atoms with E-state index in [-0.39, 0.29) is 0 Å². The minimum absolute atomic E-state index is 0.715. The van der Waals surface area contributed by atoms with Gasteiger partial charge in [-0.3, -0.25) is 0 Å². The predicted octanol–water partition coefficient (Wildman–Crippen LogP) is 2.74. The zero-order valence-electron chi connectivity index (χ0n) is 5.89. The average Bonchev–Trinajstić information content (AvgIpc) is 2.11. The van der Waals surface area contributed by atoms with Gasteiger partial charge in [0, 0.05) is 9.35 Å². The van der Waals surface area contributed by atoms with Crippen molar-refractivity contribution in [3.8, 4) is 0 Å². The highest BCUT2D eigenvalue weighted by Gasteiger charge is 2.19. The van der Waals surface area contributed by atoms with Crippen molar-refractivity contribution in [1.82, 2.24) is 0 Å². The van der Waals surface area contributed by atoms with Gasteiger partial charge >= 0.3 is 0 Å². The zero-order chi connectivity index (χ0) is 7.78. The number of halogens is 1. The maximum Gasteiger partial charge on any atom is 0.0943 e. The zero-order valence-corrected chi connectivity index (χ0v) is 8.29. The van der Waals surface area contributed by atoms with Gasteiger partial charge in [0.05, 0.1) is 5.60 Å².